The number of rotatable bonds is 8. The van der Waals surface area contributed by atoms with Crippen LogP contribution < -0.4 is 10.1 Å². The largest absolute Gasteiger partial charge is 0.507 e. The number of Topliss-reactive ketones (excluding diaryl/α,β-unsaturated/α-hetero) is 1. The van der Waals surface area contributed by atoms with Crippen LogP contribution in [0.15, 0.2) is 12.1 Å². The Bertz CT molecular complexity index is 756. The van der Waals surface area contributed by atoms with Crippen LogP contribution in [-0.2, 0) is 11.2 Å². The summed E-state index contributed by atoms with van der Waals surface area (Å²) in [4.78, 5) is 25.5. The summed E-state index contributed by atoms with van der Waals surface area (Å²) in [5.74, 6) is 0.559. The molecule has 29 heavy (non-hydrogen) atoms. The van der Waals surface area contributed by atoms with Crippen LogP contribution in [0.5, 0.6) is 11.5 Å². The van der Waals surface area contributed by atoms with Crippen LogP contribution in [0.2, 0.25) is 0 Å². The number of carbonyl (C=O) groups is 2. The highest BCUT2D eigenvalue weighted by Gasteiger charge is 2.48. The first-order valence-corrected chi connectivity index (χ1v) is 10.6. The smallest absolute Gasteiger partial charge is 0.408 e. The molecule has 2 saturated heterocycles. The Morgan fingerprint density at radius 2 is 2.10 bits per heavy atom. The summed E-state index contributed by atoms with van der Waals surface area (Å²) in [5, 5.41) is 13.3. The molecule has 1 amide bonds. The summed E-state index contributed by atoms with van der Waals surface area (Å²) >= 11 is 0. The molecule has 1 atom stereocenters. The summed E-state index contributed by atoms with van der Waals surface area (Å²) in [6, 6.07) is 3.48. The molecule has 7 nitrogen and oxygen atoms in total. The molecule has 1 spiro atoms. The maximum atomic E-state index is 11.7. The zero-order valence-electron chi connectivity index (χ0n) is 17.6. The third kappa shape index (κ3) is 4.66. The van der Waals surface area contributed by atoms with Crippen molar-refractivity contribution in [2.75, 3.05) is 26.2 Å². The molecule has 2 fully saturated rings. The van der Waals surface area contributed by atoms with Gasteiger partial charge in [0.25, 0.3) is 0 Å². The van der Waals surface area contributed by atoms with Gasteiger partial charge < -0.3 is 24.8 Å². The number of carbonyl (C=O) groups excluding carboxylic acids is 2. The van der Waals surface area contributed by atoms with E-state index in [2.05, 4.69) is 10.2 Å². The van der Waals surface area contributed by atoms with Crippen molar-refractivity contribution in [3.63, 3.8) is 0 Å². The van der Waals surface area contributed by atoms with Crippen LogP contribution in [0, 0.1) is 0 Å². The van der Waals surface area contributed by atoms with E-state index in [-0.39, 0.29) is 29.3 Å². The normalized spacial score (nSPS) is 21.1. The minimum Gasteiger partial charge on any atom is -0.507 e. The summed E-state index contributed by atoms with van der Waals surface area (Å²) in [5.41, 5.74) is 0.707. The van der Waals surface area contributed by atoms with E-state index in [1.807, 2.05) is 13.8 Å². The average Bonchev–Trinajstić information content (AvgIpc) is 2.95. The average molecular weight is 405 g/mol. The highest BCUT2D eigenvalue weighted by Crippen LogP contribution is 2.34. The van der Waals surface area contributed by atoms with Crippen molar-refractivity contribution in [3.8, 4) is 11.5 Å². The lowest BCUT2D eigenvalue weighted by Crippen LogP contribution is -2.50. The number of phenols is 1. The monoisotopic (exact) mass is 404 g/mol. The zero-order valence-corrected chi connectivity index (χ0v) is 17.6. The van der Waals surface area contributed by atoms with Gasteiger partial charge in [0.1, 0.15) is 17.1 Å². The van der Waals surface area contributed by atoms with E-state index in [1.165, 1.54) is 6.92 Å². The van der Waals surface area contributed by atoms with Gasteiger partial charge in [0, 0.05) is 38.0 Å². The highest BCUT2D eigenvalue weighted by molar-refractivity contribution is 5.97. The molecule has 3 rings (SSSR count). The number of hydrogen-bond donors (Lipinski definition) is 2. The fourth-order valence-electron chi connectivity index (χ4n) is 4.30. The molecule has 7 heteroatoms. The fraction of sp³-hybridized carbons (Fsp3) is 0.636. The van der Waals surface area contributed by atoms with Gasteiger partial charge in [-0.25, -0.2) is 4.79 Å². The van der Waals surface area contributed by atoms with Gasteiger partial charge in [0.2, 0.25) is 0 Å². The number of aromatic hydroxyl groups is 1. The molecule has 1 aromatic carbocycles. The van der Waals surface area contributed by atoms with Crippen LogP contribution >= 0.6 is 0 Å². The molecule has 2 heterocycles. The number of ether oxygens (including phenoxy) is 2. The lowest BCUT2D eigenvalue weighted by Gasteiger charge is -2.39. The molecular formula is C22H32N2O5. The van der Waals surface area contributed by atoms with Crippen LogP contribution in [0.4, 0.5) is 4.79 Å². The van der Waals surface area contributed by atoms with Crippen molar-refractivity contribution in [2.24, 2.45) is 0 Å². The molecule has 0 aliphatic carbocycles. The van der Waals surface area contributed by atoms with Crippen LogP contribution in [0.1, 0.15) is 62.4 Å². The van der Waals surface area contributed by atoms with Gasteiger partial charge in [0.15, 0.2) is 5.78 Å². The number of alkyl carbamates (subject to hydrolysis) is 1. The van der Waals surface area contributed by atoms with Crippen LogP contribution in [-0.4, -0.2) is 59.8 Å². The number of phenolic OH excluding ortho intramolecular Hbond substituents is 1. The summed E-state index contributed by atoms with van der Waals surface area (Å²) in [6.45, 7) is 8.75. The summed E-state index contributed by atoms with van der Waals surface area (Å²) in [6.07, 6.45) is 3.77. The van der Waals surface area contributed by atoms with Gasteiger partial charge >= 0.3 is 6.09 Å². The maximum absolute atomic E-state index is 11.7. The van der Waals surface area contributed by atoms with Crippen LogP contribution in [0.25, 0.3) is 0 Å². The predicted octanol–water partition coefficient (Wildman–Crippen LogP) is 3.28. The quantitative estimate of drug-likeness (QED) is 0.511. The number of ketones is 1. The molecule has 1 aromatic rings. The first kappa shape index (κ1) is 21.4. The SMILES string of the molecule is CCCc1c(OCCCN2CCC3(CC2)OC(=O)NC3C)ccc(C(C)=O)c1O. The van der Waals surface area contributed by atoms with Crippen molar-refractivity contribution in [3.05, 3.63) is 23.3 Å². The van der Waals surface area contributed by atoms with Gasteiger partial charge in [-0.15, -0.1) is 0 Å². The Hall–Kier alpha value is -2.28. The molecule has 0 bridgehead atoms. The minimum atomic E-state index is -0.352. The molecule has 160 valence electrons. The highest BCUT2D eigenvalue weighted by atomic mass is 16.6. The van der Waals surface area contributed by atoms with E-state index < -0.39 is 0 Å². The number of amides is 1. The van der Waals surface area contributed by atoms with Crippen molar-refractivity contribution >= 4 is 11.9 Å². The lowest BCUT2D eigenvalue weighted by molar-refractivity contribution is -0.0160. The zero-order chi connectivity index (χ0) is 21.0. The summed E-state index contributed by atoms with van der Waals surface area (Å²) < 4.78 is 11.5. The number of hydrogen-bond acceptors (Lipinski definition) is 6. The van der Waals surface area contributed by atoms with Gasteiger partial charge in [-0.05, 0) is 38.8 Å². The fourth-order valence-corrected chi connectivity index (χ4v) is 4.30. The van der Waals surface area contributed by atoms with Crippen molar-refractivity contribution in [2.45, 2.75) is 64.5 Å². The third-order valence-corrected chi connectivity index (χ3v) is 6.12. The first-order valence-electron chi connectivity index (χ1n) is 10.6. The van der Waals surface area contributed by atoms with Crippen LogP contribution in [0.3, 0.4) is 0 Å². The molecule has 0 aromatic heterocycles. The Kier molecular flexibility index (Phi) is 6.67. The first-order chi connectivity index (χ1) is 13.9. The maximum Gasteiger partial charge on any atom is 0.408 e. The van der Waals surface area contributed by atoms with Gasteiger partial charge in [0.05, 0.1) is 18.2 Å². The molecule has 2 N–H and O–H groups in total. The third-order valence-electron chi connectivity index (χ3n) is 6.12. The number of nitrogens with one attached hydrogen (secondary N) is 1. The second-order valence-corrected chi connectivity index (χ2v) is 8.11. The number of likely N-dealkylation sites (tertiary alicyclic amines) is 1. The second-order valence-electron chi connectivity index (χ2n) is 8.11. The molecule has 2 aliphatic rings. The molecule has 0 saturated carbocycles. The van der Waals surface area contributed by atoms with E-state index in [1.54, 1.807) is 12.1 Å². The standard InChI is InChI=1S/C22H32N2O5/c1-4-6-18-19(8-7-17(15(2)25)20(18)26)28-14-5-11-24-12-9-22(10-13-24)16(3)23-21(27)29-22/h7-8,16,26H,4-6,9-14H2,1-3H3,(H,23,27). The van der Waals surface area contributed by atoms with E-state index in [4.69, 9.17) is 9.47 Å². The number of benzene rings is 1. The number of nitrogens with zero attached hydrogens (tertiary/aromatic N) is 1. The Balaban J connectivity index is 1.48. The number of piperidine rings is 1. The summed E-state index contributed by atoms with van der Waals surface area (Å²) in [7, 11) is 0. The van der Waals surface area contributed by atoms with Crippen molar-refractivity contribution < 1.29 is 24.2 Å². The Morgan fingerprint density at radius 1 is 1.38 bits per heavy atom. The van der Waals surface area contributed by atoms with Crippen molar-refractivity contribution in [1.29, 1.82) is 0 Å². The topological polar surface area (TPSA) is 88.1 Å². The predicted molar refractivity (Wildman–Crippen MR) is 110 cm³/mol. The van der Waals surface area contributed by atoms with Gasteiger partial charge in [-0.1, -0.05) is 13.3 Å². The van der Waals surface area contributed by atoms with E-state index in [9.17, 15) is 14.7 Å². The van der Waals surface area contributed by atoms with Crippen molar-refractivity contribution in [1.82, 2.24) is 10.2 Å². The molecular weight excluding hydrogens is 372 g/mol. The Morgan fingerprint density at radius 3 is 2.69 bits per heavy atom. The van der Waals surface area contributed by atoms with Gasteiger partial charge in [-0.2, -0.15) is 0 Å². The van der Waals surface area contributed by atoms with E-state index in [0.29, 0.717) is 29.9 Å². The Labute approximate surface area is 172 Å². The molecule has 2 aliphatic heterocycles. The lowest BCUT2D eigenvalue weighted by atomic mass is 9.85. The van der Waals surface area contributed by atoms with Gasteiger partial charge in [-0.3, -0.25) is 4.79 Å². The molecule has 0 radical (unpaired) electrons. The molecule has 1 unspecified atom stereocenters. The van der Waals surface area contributed by atoms with E-state index >= 15 is 0 Å². The minimum absolute atomic E-state index is 0.0482. The van der Waals surface area contributed by atoms with E-state index in [0.717, 1.165) is 45.3 Å². The second kappa shape index (κ2) is 9.03.